The molecular formula is C26H17NO4. The fourth-order valence-electron chi connectivity index (χ4n) is 3.66. The largest absolute Gasteiger partial charge is 0.456 e. The third-order valence-electron chi connectivity index (χ3n) is 5.11. The van der Waals surface area contributed by atoms with Gasteiger partial charge in [0.05, 0.1) is 16.8 Å². The molecule has 0 heterocycles. The summed E-state index contributed by atoms with van der Waals surface area (Å²) in [6.45, 7) is 0. The van der Waals surface area contributed by atoms with Crippen LogP contribution in [-0.4, -0.2) is 11.6 Å². The first-order chi connectivity index (χ1) is 15.1. The molecule has 5 heteroatoms. The van der Waals surface area contributed by atoms with Crippen molar-refractivity contribution in [3.8, 4) is 23.0 Å². The lowest BCUT2D eigenvalue weighted by Gasteiger charge is -2.23. The maximum Gasteiger partial charge on any atom is 0.198 e. The summed E-state index contributed by atoms with van der Waals surface area (Å²) in [5, 5.41) is 0. The highest BCUT2D eigenvalue weighted by molar-refractivity contribution is 6.31. The Balaban J connectivity index is 1.72. The summed E-state index contributed by atoms with van der Waals surface area (Å²) in [4.78, 5) is 26.7. The number of carbonyl (C=O) groups excluding carboxylic acids is 2. The predicted molar refractivity (Wildman–Crippen MR) is 117 cm³/mol. The van der Waals surface area contributed by atoms with E-state index in [9.17, 15) is 9.59 Å². The van der Waals surface area contributed by atoms with Gasteiger partial charge in [0.15, 0.2) is 17.3 Å². The molecule has 0 saturated carbocycles. The van der Waals surface area contributed by atoms with E-state index < -0.39 is 0 Å². The van der Waals surface area contributed by atoms with Crippen molar-refractivity contribution in [2.75, 3.05) is 5.73 Å². The number of nitrogens with two attached hydrogens (primary N) is 1. The highest BCUT2D eigenvalue weighted by Crippen LogP contribution is 2.44. The van der Waals surface area contributed by atoms with Gasteiger partial charge in [-0.25, -0.2) is 0 Å². The van der Waals surface area contributed by atoms with Crippen LogP contribution in [0.1, 0.15) is 31.8 Å². The second-order valence-corrected chi connectivity index (χ2v) is 7.07. The number of nitrogen functional groups attached to an aromatic ring is 1. The number of fused-ring (bicyclic) bond motifs is 2. The van der Waals surface area contributed by atoms with E-state index in [2.05, 4.69) is 0 Å². The van der Waals surface area contributed by atoms with Crippen LogP contribution >= 0.6 is 0 Å². The van der Waals surface area contributed by atoms with Gasteiger partial charge in [-0.1, -0.05) is 60.7 Å². The molecule has 0 atom stereocenters. The molecule has 0 saturated heterocycles. The van der Waals surface area contributed by atoms with Gasteiger partial charge in [0.1, 0.15) is 17.2 Å². The molecule has 0 aliphatic heterocycles. The Bertz CT molecular complexity index is 1310. The molecular weight excluding hydrogens is 390 g/mol. The molecule has 2 N–H and O–H groups in total. The van der Waals surface area contributed by atoms with Gasteiger partial charge in [-0.05, 0) is 24.3 Å². The fourth-order valence-corrected chi connectivity index (χ4v) is 3.66. The van der Waals surface area contributed by atoms with Crippen LogP contribution < -0.4 is 15.2 Å². The lowest BCUT2D eigenvalue weighted by atomic mass is 9.82. The first kappa shape index (κ1) is 18.6. The van der Waals surface area contributed by atoms with Crippen molar-refractivity contribution in [3.05, 3.63) is 113 Å². The lowest BCUT2D eigenvalue weighted by Crippen LogP contribution is -2.23. The topological polar surface area (TPSA) is 78.6 Å². The van der Waals surface area contributed by atoms with E-state index in [1.54, 1.807) is 54.6 Å². The van der Waals surface area contributed by atoms with E-state index in [4.69, 9.17) is 15.2 Å². The van der Waals surface area contributed by atoms with Crippen LogP contribution in [0.5, 0.6) is 23.0 Å². The summed E-state index contributed by atoms with van der Waals surface area (Å²) in [6, 6.07) is 26.4. The molecule has 0 amide bonds. The SMILES string of the molecule is Nc1c(Oc2ccccc2)cc(Oc2ccccc2)c2c1C(=O)c1ccccc1C2=O. The molecule has 0 unspecified atom stereocenters. The predicted octanol–water partition coefficient (Wildman–Crippen LogP) is 5.63. The van der Waals surface area contributed by atoms with Crippen LogP contribution in [0.3, 0.4) is 0 Å². The Labute approximate surface area is 178 Å². The average molecular weight is 407 g/mol. The zero-order valence-electron chi connectivity index (χ0n) is 16.4. The Morgan fingerprint density at radius 3 is 1.55 bits per heavy atom. The third-order valence-corrected chi connectivity index (χ3v) is 5.11. The normalized spacial score (nSPS) is 12.1. The second-order valence-electron chi connectivity index (χ2n) is 7.07. The number of para-hydroxylation sites is 2. The monoisotopic (exact) mass is 407 g/mol. The number of benzene rings is 4. The van der Waals surface area contributed by atoms with Gasteiger partial charge in [0.2, 0.25) is 0 Å². The van der Waals surface area contributed by atoms with Crippen LogP contribution in [-0.2, 0) is 0 Å². The summed E-state index contributed by atoms with van der Waals surface area (Å²) in [5.41, 5.74) is 7.36. The van der Waals surface area contributed by atoms with Crippen molar-refractivity contribution >= 4 is 17.3 Å². The van der Waals surface area contributed by atoms with Gasteiger partial charge in [0, 0.05) is 17.2 Å². The first-order valence-electron chi connectivity index (χ1n) is 9.74. The minimum atomic E-state index is -0.334. The zero-order chi connectivity index (χ0) is 21.4. The molecule has 5 rings (SSSR count). The van der Waals surface area contributed by atoms with Crippen LogP contribution in [0.4, 0.5) is 5.69 Å². The molecule has 5 nitrogen and oxygen atoms in total. The molecule has 0 spiro atoms. The Hall–Kier alpha value is -4.38. The summed E-state index contributed by atoms with van der Waals surface area (Å²) in [7, 11) is 0. The number of hydrogen-bond acceptors (Lipinski definition) is 5. The molecule has 0 bridgehead atoms. The molecule has 0 radical (unpaired) electrons. The van der Waals surface area contributed by atoms with Crippen LogP contribution in [0.25, 0.3) is 0 Å². The van der Waals surface area contributed by atoms with E-state index in [1.807, 2.05) is 36.4 Å². The van der Waals surface area contributed by atoms with Gasteiger partial charge in [-0.2, -0.15) is 0 Å². The number of ketones is 2. The minimum Gasteiger partial charge on any atom is -0.456 e. The molecule has 31 heavy (non-hydrogen) atoms. The van der Waals surface area contributed by atoms with Crippen molar-refractivity contribution in [3.63, 3.8) is 0 Å². The summed E-state index contributed by atoms with van der Waals surface area (Å²) < 4.78 is 12.0. The molecule has 0 fully saturated rings. The Morgan fingerprint density at radius 2 is 1.00 bits per heavy atom. The molecule has 4 aromatic carbocycles. The minimum absolute atomic E-state index is 0.100. The van der Waals surface area contributed by atoms with E-state index in [-0.39, 0.29) is 39.9 Å². The molecule has 0 aromatic heterocycles. The van der Waals surface area contributed by atoms with E-state index >= 15 is 0 Å². The number of ether oxygens (including phenoxy) is 2. The van der Waals surface area contributed by atoms with Crippen LogP contribution in [0, 0.1) is 0 Å². The fraction of sp³-hybridized carbons (Fsp3) is 0. The molecule has 1 aliphatic carbocycles. The maximum atomic E-state index is 13.4. The van der Waals surface area contributed by atoms with Gasteiger partial charge in [-0.15, -0.1) is 0 Å². The van der Waals surface area contributed by atoms with Gasteiger partial charge < -0.3 is 15.2 Å². The smallest absolute Gasteiger partial charge is 0.198 e. The summed E-state index contributed by atoms with van der Waals surface area (Å²) >= 11 is 0. The standard InChI is InChI=1S/C26H17NO4/c27-24-21(31-17-11-5-2-6-12-17)15-20(30-16-9-3-1-4-10-16)22-23(24)26(29)19-14-8-7-13-18(19)25(22)28/h1-15H,27H2. The van der Waals surface area contributed by atoms with Gasteiger partial charge in [-0.3, -0.25) is 9.59 Å². The average Bonchev–Trinajstić information content (AvgIpc) is 2.81. The zero-order valence-corrected chi connectivity index (χ0v) is 16.4. The molecule has 4 aromatic rings. The second kappa shape index (κ2) is 7.46. The first-order valence-corrected chi connectivity index (χ1v) is 9.74. The molecule has 1 aliphatic rings. The number of anilines is 1. The summed E-state index contributed by atoms with van der Waals surface area (Å²) in [5.74, 6) is 0.896. The van der Waals surface area contributed by atoms with Crippen molar-refractivity contribution in [1.82, 2.24) is 0 Å². The molecule has 150 valence electrons. The number of hydrogen-bond donors (Lipinski definition) is 1. The highest BCUT2D eigenvalue weighted by atomic mass is 16.5. The Morgan fingerprint density at radius 1 is 0.548 bits per heavy atom. The van der Waals surface area contributed by atoms with Gasteiger partial charge >= 0.3 is 0 Å². The lowest BCUT2D eigenvalue weighted by molar-refractivity contribution is 0.0977. The van der Waals surface area contributed by atoms with Crippen LogP contribution in [0.15, 0.2) is 91.0 Å². The Kier molecular flexibility index (Phi) is 4.49. The maximum absolute atomic E-state index is 13.4. The van der Waals surface area contributed by atoms with Crippen molar-refractivity contribution in [2.24, 2.45) is 0 Å². The van der Waals surface area contributed by atoms with E-state index in [1.165, 1.54) is 0 Å². The number of carbonyl (C=O) groups is 2. The number of rotatable bonds is 4. The van der Waals surface area contributed by atoms with Crippen molar-refractivity contribution < 1.29 is 19.1 Å². The van der Waals surface area contributed by atoms with Crippen molar-refractivity contribution in [1.29, 1.82) is 0 Å². The summed E-state index contributed by atoms with van der Waals surface area (Å²) in [6.07, 6.45) is 0. The van der Waals surface area contributed by atoms with Gasteiger partial charge in [0.25, 0.3) is 0 Å². The quantitative estimate of drug-likeness (QED) is 0.391. The van der Waals surface area contributed by atoms with E-state index in [0.717, 1.165) is 0 Å². The third kappa shape index (κ3) is 3.22. The van der Waals surface area contributed by atoms with E-state index in [0.29, 0.717) is 22.6 Å². The van der Waals surface area contributed by atoms with Crippen LogP contribution in [0.2, 0.25) is 0 Å². The van der Waals surface area contributed by atoms with Crippen molar-refractivity contribution in [2.45, 2.75) is 0 Å². The highest BCUT2D eigenvalue weighted by Gasteiger charge is 2.36.